The molecule has 1 heterocycles. The van der Waals surface area contributed by atoms with Gasteiger partial charge in [0.2, 0.25) is 0 Å². The Labute approximate surface area is 288 Å². The zero-order chi connectivity index (χ0) is 40.4. The molecule has 5 atom stereocenters. The molecule has 51 heavy (non-hydrogen) atoms. The second-order valence-electron chi connectivity index (χ2n) is 15.5. The lowest BCUT2D eigenvalue weighted by Gasteiger charge is -2.50. The van der Waals surface area contributed by atoms with Crippen molar-refractivity contribution in [3.05, 3.63) is 12.2 Å². The van der Waals surface area contributed by atoms with Crippen LogP contribution in [0.1, 0.15) is 94.9 Å². The fourth-order valence-corrected chi connectivity index (χ4v) is 6.28. The van der Waals surface area contributed by atoms with Crippen LogP contribution in [0.4, 0.5) is 39.5 Å². The second-order valence-corrected chi connectivity index (χ2v) is 15.5. The fraction of sp³-hybridized carbons (Fsp3) is 0.844. The van der Waals surface area contributed by atoms with Crippen LogP contribution in [0.15, 0.2) is 12.2 Å². The van der Waals surface area contributed by atoms with Crippen LogP contribution in [0, 0.1) is 5.41 Å². The Kier molecular flexibility index (Phi) is 11.6. The predicted molar refractivity (Wildman–Crippen MR) is 158 cm³/mol. The van der Waals surface area contributed by atoms with Crippen molar-refractivity contribution in [3.63, 3.8) is 0 Å². The van der Waals surface area contributed by atoms with Crippen molar-refractivity contribution in [1.29, 1.82) is 0 Å². The molecule has 2 N–H and O–H groups in total. The first-order valence-electron chi connectivity index (χ1n) is 15.7. The summed E-state index contributed by atoms with van der Waals surface area (Å²) in [5.74, 6) is -3.32. The van der Waals surface area contributed by atoms with Gasteiger partial charge in [0.1, 0.15) is 35.1 Å². The van der Waals surface area contributed by atoms with Crippen LogP contribution >= 0.6 is 0 Å². The Morgan fingerprint density at radius 3 is 1.78 bits per heavy atom. The van der Waals surface area contributed by atoms with Crippen molar-refractivity contribution in [1.82, 2.24) is 0 Å². The molecule has 10 nitrogen and oxygen atoms in total. The molecule has 0 radical (unpaired) electrons. The first kappa shape index (κ1) is 44.5. The summed E-state index contributed by atoms with van der Waals surface area (Å²) in [6.07, 6.45) is -23.8. The van der Waals surface area contributed by atoms with Crippen LogP contribution in [-0.4, -0.2) is 98.6 Å². The molecule has 0 aromatic carbocycles. The molecule has 0 aromatic rings. The standard InChI is InChI=1S/C32H45F9O10/c1-16(2)20(42)47-17-12-13-28(14-18(17)48-21(28)43)22(44)49-19(15-23(3,4)50-25(7,8)27(11,45)30(33,34)35)24(5,6)51-26(9,10)29(46,31(36,37)38)32(39,40)41/h17-19,45-46H,1,12-15H2,2-11H3. The van der Waals surface area contributed by atoms with Crippen molar-refractivity contribution in [2.24, 2.45) is 5.41 Å². The smallest absolute Gasteiger partial charge is 0.429 e. The maximum absolute atomic E-state index is 13.9. The Balaban J connectivity index is 2.61. The molecule has 2 fully saturated rings. The number of esters is 3. The number of aliphatic hydroxyl groups is 2. The van der Waals surface area contributed by atoms with E-state index in [1.165, 1.54) is 6.92 Å². The molecule has 0 amide bonds. The zero-order valence-electron chi connectivity index (χ0n) is 29.8. The first-order chi connectivity index (χ1) is 22.3. The third-order valence-corrected chi connectivity index (χ3v) is 9.63. The van der Waals surface area contributed by atoms with Crippen LogP contribution in [0.25, 0.3) is 0 Å². The molecular formula is C32H45F9O10. The van der Waals surface area contributed by atoms with Crippen molar-refractivity contribution < 1.29 is 87.8 Å². The van der Waals surface area contributed by atoms with Crippen molar-refractivity contribution in [2.45, 2.75) is 165 Å². The highest BCUT2D eigenvalue weighted by Crippen LogP contribution is 2.53. The second kappa shape index (κ2) is 13.3. The minimum atomic E-state index is -6.36. The number of hydrogen-bond acceptors (Lipinski definition) is 10. The Bertz CT molecular complexity index is 1350. The average Bonchev–Trinajstić information content (AvgIpc) is 3.16. The maximum Gasteiger partial charge on any atom is 0.429 e. The quantitative estimate of drug-likeness (QED) is 0.0736. The van der Waals surface area contributed by atoms with E-state index in [4.69, 9.17) is 23.7 Å². The first-order valence-corrected chi connectivity index (χ1v) is 15.7. The molecule has 19 heteroatoms. The van der Waals surface area contributed by atoms with E-state index in [2.05, 4.69) is 6.58 Å². The molecule has 1 aliphatic carbocycles. The summed E-state index contributed by atoms with van der Waals surface area (Å²) in [7, 11) is 0. The lowest BCUT2D eigenvalue weighted by atomic mass is 9.74. The molecule has 2 rings (SSSR count). The van der Waals surface area contributed by atoms with Gasteiger partial charge in [-0.15, -0.1) is 0 Å². The van der Waals surface area contributed by atoms with Crippen LogP contribution in [-0.2, 0) is 38.1 Å². The summed E-state index contributed by atoms with van der Waals surface area (Å²) in [6.45, 7) is 11.6. The highest BCUT2D eigenvalue weighted by atomic mass is 19.4. The van der Waals surface area contributed by atoms with E-state index < -0.39 is 107 Å². The lowest BCUT2D eigenvalue weighted by molar-refractivity contribution is -0.422. The summed E-state index contributed by atoms with van der Waals surface area (Å²) in [5, 5.41) is 20.6. The van der Waals surface area contributed by atoms with E-state index in [0.717, 1.165) is 41.5 Å². The molecule has 296 valence electrons. The Morgan fingerprint density at radius 2 is 1.35 bits per heavy atom. The minimum Gasteiger partial charge on any atom is -0.458 e. The van der Waals surface area contributed by atoms with Crippen LogP contribution in [0.3, 0.4) is 0 Å². The van der Waals surface area contributed by atoms with Gasteiger partial charge in [-0.1, -0.05) is 6.58 Å². The van der Waals surface area contributed by atoms with Gasteiger partial charge in [0.25, 0.3) is 5.60 Å². The molecule has 5 unspecified atom stereocenters. The summed E-state index contributed by atoms with van der Waals surface area (Å²) in [4.78, 5) is 39.1. The minimum absolute atomic E-state index is 0.0243. The Morgan fingerprint density at radius 1 is 0.863 bits per heavy atom. The number of carbonyl (C=O) groups is 3. The molecule has 0 aromatic heterocycles. The third kappa shape index (κ3) is 8.30. The summed E-state index contributed by atoms with van der Waals surface area (Å²) in [5.41, 5.74) is -21.5. The highest BCUT2D eigenvalue weighted by molar-refractivity contribution is 6.02. The zero-order valence-corrected chi connectivity index (χ0v) is 29.8. The number of ether oxygens (including phenoxy) is 5. The average molecular weight is 761 g/mol. The molecule has 1 saturated heterocycles. The summed E-state index contributed by atoms with van der Waals surface area (Å²) >= 11 is 0. The van der Waals surface area contributed by atoms with Gasteiger partial charge in [-0.25, -0.2) is 4.79 Å². The topological polar surface area (TPSA) is 138 Å². The molecule has 2 aliphatic rings. The van der Waals surface area contributed by atoms with Crippen molar-refractivity contribution >= 4 is 17.9 Å². The van der Waals surface area contributed by atoms with Crippen LogP contribution in [0.5, 0.6) is 0 Å². The van der Waals surface area contributed by atoms with Gasteiger partial charge in [0.05, 0.1) is 5.60 Å². The molecule has 1 aliphatic heterocycles. The SMILES string of the molecule is C=C(C)C(=O)OC1CCC2(C(=O)OC(CC(C)(C)OC(C)(C)C(C)(O)C(F)(F)F)C(C)(C)OC(C)(C)C(O)(C(F)(F)F)C(F)(F)F)CC1OC2=O. The van der Waals surface area contributed by atoms with E-state index in [-0.39, 0.29) is 32.3 Å². The van der Waals surface area contributed by atoms with Gasteiger partial charge >= 0.3 is 36.4 Å². The van der Waals surface area contributed by atoms with Crippen LogP contribution < -0.4 is 0 Å². The fourth-order valence-electron chi connectivity index (χ4n) is 6.28. The third-order valence-electron chi connectivity index (χ3n) is 9.63. The van der Waals surface area contributed by atoms with Gasteiger partial charge in [-0.2, -0.15) is 39.5 Å². The van der Waals surface area contributed by atoms with Gasteiger partial charge in [0, 0.05) is 18.4 Å². The van der Waals surface area contributed by atoms with Gasteiger partial charge in [-0.3, -0.25) is 9.59 Å². The van der Waals surface area contributed by atoms with Gasteiger partial charge in [0.15, 0.2) is 11.0 Å². The van der Waals surface area contributed by atoms with E-state index >= 15 is 0 Å². The highest BCUT2D eigenvalue weighted by Gasteiger charge is 2.78. The normalized spacial score (nSPS) is 24.4. The predicted octanol–water partition coefficient (Wildman–Crippen LogP) is 6.19. The lowest BCUT2D eigenvalue weighted by Crippen LogP contribution is -2.71. The number of alkyl halides is 9. The largest absolute Gasteiger partial charge is 0.458 e. The van der Waals surface area contributed by atoms with Crippen molar-refractivity contribution in [3.8, 4) is 0 Å². The van der Waals surface area contributed by atoms with Crippen molar-refractivity contribution in [2.75, 3.05) is 0 Å². The van der Waals surface area contributed by atoms with Gasteiger partial charge in [-0.05, 0) is 82.1 Å². The molecular weight excluding hydrogens is 715 g/mol. The number of hydrogen-bond donors (Lipinski definition) is 2. The van der Waals surface area contributed by atoms with Crippen LogP contribution in [0.2, 0.25) is 0 Å². The number of carbonyl (C=O) groups excluding carboxylic acids is 3. The molecule has 2 bridgehead atoms. The van der Waals surface area contributed by atoms with E-state index in [0.29, 0.717) is 6.92 Å². The van der Waals surface area contributed by atoms with Gasteiger partial charge < -0.3 is 33.9 Å². The van der Waals surface area contributed by atoms with E-state index in [1.54, 1.807) is 0 Å². The van der Waals surface area contributed by atoms with E-state index in [1.807, 2.05) is 0 Å². The molecule has 1 saturated carbocycles. The number of rotatable bonds is 13. The van der Waals surface area contributed by atoms with E-state index in [9.17, 15) is 64.1 Å². The monoisotopic (exact) mass is 760 g/mol. The maximum atomic E-state index is 13.9. The molecule has 0 spiro atoms. The summed E-state index contributed by atoms with van der Waals surface area (Å²) in [6, 6.07) is 0. The number of halogens is 9. The number of fused-ring (bicyclic) bond motifs is 2. The summed E-state index contributed by atoms with van der Waals surface area (Å²) < 4.78 is 152. The Hall–Kier alpha value is -2.64.